The highest BCUT2D eigenvalue weighted by atomic mass is 16.7. The summed E-state index contributed by atoms with van der Waals surface area (Å²) in [6.45, 7) is 19.6. The first kappa shape index (κ1) is 28.2. The molecule has 7 nitrogen and oxygen atoms in total. The average molecular weight is 466 g/mol. The first-order valence-corrected chi connectivity index (χ1v) is 12.4. The van der Waals surface area contributed by atoms with Crippen molar-refractivity contribution >= 4 is 13.0 Å². The van der Waals surface area contributed by atoms with E-state index < -0.39 is 11.2 Å². The summed E-state index contributed by atoms with van der Waals surface area (Å²) < 4.78 is 18.0. The van der Waals surface area contributed by atoms with Crippen LogP contribution in [0.15, 0.2) is 16.6 Å². The van der Waals surface area contributed by atoms with Gasteiger partial charge in [0, 0.05) is 14.0 Å². The molecule has 1 aliphatic heterocycles. The summed E-state index contributed by atoms with van der Waals surface area (Å²) in [5, 5.41) is 27.5. The highest BCUT2D eigenvalue weighted by Gasteiger charge is 2.56. The van der Waals surface area contributed by atoms with E-state index in [0.29, 0.717) is 24.2 Å². The van der Waals surface area contributed by atoms with E-state index in [1.807, 2.05) is 27.8 Å². The van der Waals surface area contributed by atoms with Crippen LogP contribution >= 0.6 is 0 Å². The Morgan fingerprint density at radius 1 is 1.24 bits per heavy atom. The molecule has 0 radical (unpaired) electrons. The van der Waals surface area contributed by atoms with Gasteiger partial charge in [-0.1, -0.05) is 19.9 Å². The Morgan fingerprint density at radius 2 is 1.79 bits per heavy atom. The standard InChI is InChI=1S/C23H41BN2O5.C2H6/c1-15(26(9)25-16(2)29-14-20(3,4)27)23(28)12-17-10-19(11-18(17)13-23)24-30-21(5,6)22(7,8)31-24;1-2/h10,15,17-18,27-28H,11-14H2,1-9H3;1-2H3/b25-16+;. The molecule has 1 saturated carbocycles. The molecular formula is C25H47BN2O5. The smallest absolute Gasteiger partial charge is 0.477 e. The number of ether oxygens (including phenoxy) is 1. The van der Waals surface area contributed by atoms with Crippen LogP contribution in [0.25, 0.3) is 0 Å². The molecule has 4 unspecified atom stereocenters. The lowest BCUT2D eigenvalue weighted by Gasteiger charge is -2.36. The minimum Gasteiger partial charge on any atom is -0.477 e. The summed E-state index contributed by atoms with van der Waals surface area (Å²) in [5.41, 5.74) is -1.19. The molecule has 2 N–H and O–H groups in total. The zero-order chi connectivity index (χ0) is 25.4. The number of hydrogen-bond acceptors (Lipinski definition) is 7. The van der Waals surface area contributed by atoms with Crippen LogP contribution in [0.2, 0.25) is 0 Å². The Bertz CT molecular complexity index is 730. The molecule has 0 aromatic heterocycles. The molecule has 33 heavy (non-hydrogen) atoms. The van der Waals surface area contributed by atoms with Crippen LogP contribution in [0, 0.1) is 11.8 Å². The van der Waals surface area contributed by atoms with Crippen molar-refractivity contribution in [3.8, 4) is 0 Å². The first-order chi connectivity index (χ1) is 15.0. The second-order valence-electron chi connectivity index (χ2n) is 11.4. The largest absolute Gasteiger partial charge is 0.490 e. The lowest BCUT2D eigenvalue weighted by molar-refractivity contribution is -0.0330. The van der Waals surface area contributed by atoms with Gasteiger partial charge in [0.1, 0.15) is 6.61 Å². The highest BCUT2D eigenvalue weighted by molar-refractivity contribution is 6.54. The highest BCUT2D eigenvalue weighted by Crippen LogP contribution is 2.51. The van der Waals surface area contributed by atoms with Crippen molar-refractivity contribution in [3.63, 3.8) is 0 Å². The molecule has 4 atom stereocenters. The van der Waals surface area contributed by atoms with Crippen LogP contribution in [0.4, 0.5) is 0 Å². The van der Waals surface area contributed by atoms with Crippen LogP contribution < -0.4 is 0 Å². The van der Waals surface area contributed by atoms with Crippen molar-refractivity contribution in [1.82, 2.24) is 5.01 Å². The Kier molecular flexibility index (Phi) is 8.43. The fourth-order valence-electron chi connectivity index (χ4n) is 4.80. The quantitative estimate of drug-likeness (QED) is 0.265. The minimum atomic E-state index is -0.913. The van der Waals surface area contributed by atoms with E-state index in [1.54, 1.807) is 25.8 Å². The predicted octanol–water partition coefficient (Wildman–Crippen LogP) is 4.17. The Hall–Kier alpha value is -1.09. The molecule has 1 heterocycles. The van der Waals surface area contributed by atoms with E-state index in [2.05, 4.69) is 38.9 Å². The van der Waals surface area contributed by atoms with Gasteiger partial charge in [-0.2, -0.15) is 0 Å². The zero-order valence-electron chi connectivity index (χ0n) is 22.7. The van der Waals surface area contributed by atoms with Crippen molar-refractivity contribution in [2.75, 3.05) is 13.7 Å². The summed E-state index contributed by atoms with van der Waals surface area (Å²) in [7, 11) is 1.57. The van der Waals surface area contributed by atoms with Gasteiger partial charge in [-0.3, -0.25) is 5.01 Å². The summed E-state index contributed by atoms with van der Waals surface area (Å²) in [4.78, 5) is 0. The Labute approximate surface area is 201 Å². The van der Waals surface area contributed by atoms with E-state index in [0.717, 1.165) is 12.8 Å². The van der Waals surface area contributed by atoms with Crippen LogP contribution in [0.1, 0.15) is 88.5 Å². The maximum absolute atomic E-state index is 11.4. The first-order valence-electron chi connectivity index (χ1n) is 12.4. The van der Waals surface area contributed by atoms with Gasteiger partial charge >= 0.3 is 7.12 Å². The predicted molar refractivity (Wildman–Crippen MR) is 134 cm³/mol. The number of nitrogens with zero attached hydrogens (tertiary/aromatic N) is 2. The third-order valence-corrected chi connectivity index (χ3v) is 7.56. The number of allylic oxidation sites excluding steroid dienone is 2. The van der Waals surface area contributed by atoms with Gasteiger partial charge in [0.15, 0.2) is 0 Å². The van der Waals surface area contributed by atoms with E-state index in [-0.39, 0.29) is 31.0 Å². The van der Waals surface area contributed by atoms with E-state index in [1.165, 1.54) is 5.47 Å². The zero-order valence-corrected chi connectivity index (χ0v) is 22.7. The SMILES string of the molecule is C/C(=N\N(C)C(C)C1(O)CC2C=C(B3OC(C)(C)C(C)(C)O3)CC2C1)OCC(C)(C)O.CC. The molecule has 0 aromatic carbocycles. The molecular weight excluding hydrogens is 419 g/mol. The summed E-state index contributed by atoms with van der Waals surface area (Å²) in [5.74, 6) is 1.19. The maximum Gasteiger partial charge on any atom is 0.490 e. The fourth-order valence-corrected chi connectivity index (χ4v) is 4.80. The van der Waals surface area contributed by atoms with Gasteiger partial charge in [-0.25, -0.2) is 0 Å². The van der Waals surface area contributed by atoms with Crippen LogP contribution in [0.3, 0.4) is 0 Å². The number of hydrazone groups is 1. The molecule has 1 saturated heterocycles. The summed E-state index contributed by atoms with van der Waals surface area (Å²) in [6, 6.07) is -0.160. The van der Waals surface area contributed by atoms with Crippen LogP contribution in [-0.2, 0) is 14.0 Å². The normalized spacial score (nSPS) is 31.5. The van der Waals surface area contributed by atoms with Crippen LogP contribution in [0.5, 0.6) is 0 Å². The lowest BCUT2D eigenvalue weighted by atomic mass is 9.75. The summed E-state index contributed by atoms with van der Waals surface area (Å²) >= 11 is 0. The van der Waals surface area contributed by atoms with Gasteiger partial charge in [0.05, 0.1) is 28.4 Å². The number of aliphatic hydroxyl groups is 2. The molecule has 2 aliphatic carbocycles. The van der Waals surface area contributed by atoms with Gasteiger partial charge in [0.25, 0.3) is 0 Å². The molecule has 0 spiro atoms. The van der Waals surface area contributed by atoms with Crippen molar-refractivity contribution in [1.29, 1.82) is 0 Å². The second kappa shape index (κ2) is 9.88. The van der Waals surface area contributed by atoms with E-state index in [4.69, 9.17) is 14.0 Å². The average Bonchev–Trinajstić information content (AvgIpc) is 3.28. The fraction of sp³-hybridized carbons (Fsp3) is 0.880. The molecule has 8 heteroatoms. The van der Waals surface area contributed by atoms with Gasteiger partial charge < -0.3 is 24.3 Å². The monoisotopic (exact) mass is 466 g/mol. The molecule has 0 amide bonds. The van der Waals surface area contributed by atoms with Crippen LogP contribution in [-0.4, -0.2) is 70.3 Å². The van der Waals surface area contributed by atoms with E-state index >= 15 is 0 Å². The summed E-state index contributed by atoms with van der Waals surface area (Å²) in [6.07, 6.45) is 4.60. The number of hydrogen-bond donors (Lipinski definition) is 2. The Morgan fingerprint density at radius 3 is 2.27 bits per heavy atom. The maximum atomic E-state index is 11.4. The van der Waals surface area contributed by atoms with E-state index in [9.17, 15) is 10.2 Å². The molecule has 0 aromatic rings. The molecule has 2 fully saturated rings. The minimum absolute atomic E-state index is 0.160. The number of likely N-dealkylation sites (N-methyl/N-ethyl adjacent to an activating group) is 1. The third kappa shape index (κ3) is 6.33. The third-order valence-electron chi connectivity index (χ3n) is 7.56. The Balaban J connectivity index is 0.00000187. The van der Waals surface area contributed by atoms with Crippen molar-refractivity contribution in [2.24, 2.45) is 16.9 Å². The molecule has 0 bridgehead atoms. The molecule has 3 rings (SSSR count). The number of rotatable bonds is 6. The van der Waals surface area contributed by atoms with Gasteiger partial charge in [-0.15, -0.1) is 5.10 Å². The van der Waals surface area contributed by atoms with Gasteiger partial charge in [-0.05, 0) is 85.0 Å². The lowest BCUT2D eigenvalue weighted by Crippen LogP contribution is -2.47. The van der Waals surface area contributed by atoms with Crippen molar-refractivity contribution in [3.05, 3.63) is 11.5 Å². The molecule has 3 aliphatic rings. The van der Waals surface area contributed by atoms with Crippen molar-refractivity contribution < 1.29 is 24.3 Å². The second-order valence-corrected chi connectivity index (χ2v) is 11.4. The topological polar surface area (TPSA) is 83.8 Å². The van der Waals surface area contributed by atoms with Gasteiger partial charge in [0.2, 0.25) is 5.90 Å². The number of fused-ring (bicyclic) bond motifs is 1. The van der Waals surface area contributed by atoms with Crippen molar-refractivity contribution in [2.45, 2.75) is 117 Å². The molecule has 190 valence electrons.